The molecule has 0 saturated heterocycles. The molecule has 0 aliphatic heterocycles. The van der Waals surface area contributed by atoms with Gasteiger partial charge in [0.2, 0.25) is 0 Å². The van der Waals surface area contributed by atoms with Crippen molar-refractivity contribution in [3.63, 3.8) is 0 Å². The lowest BCUT2D eigenvalue weighted by Crippen LogP contribution is -2.05. The summed E-state index contributed by atoms with van der Waals surface area (Å²) in [5, 5.41) is 7.97. The molecule has 0 aliphatic carbocycles. The Hall–Kier alpha value is -1.56. The maximum absolute atomic E-state index is 12.2. The van der Waals surface area contributed by atoms with Crippen LogP contribution in [0.3, 0.4) is 0 Å². The number of rotatable bonds is 7. The first-order valence-electron chi connectivity index (χ1n) is 5.42. The molecule has 0 aliphatic rings. The summed E-state index contributed by atoms with van der Waals surface area (Å²) in [6.07, 6.45) is 0.0859. The number of hydrogen-bond donors (Lipinski definition) is 1. The largest absolute Gasteiger partial charge is 0.493 e. The highest BCUT2D eigenvalue weighted by Crippen LogP contribution is 2.34. The van der Waals surface area contributed by atoms with Crippen LogP contribution in [0.15, 0.2) is 18.2 Å². The number of ether oxygens (including phenoxy) is 2. The summed E-state index contributed by atoms with van der Waals surface area (Å²) in [7, 11) is 1.33. The molecule has 0 amide bonds. The molecule has 1 N–H and O–H groups in total. The van der Waals surface area contributed by atoms with E-state index in [1.165, 1.54) is 19.2 Å². The Morgan fingerprint density at radius 3 is 2.63 bits per heavy atom. The third-order valence-corrected chi connectivity index (χ3v) is 2.85. The Balaban J connectivity index is 2.87. The van der Waals surface area contributed by atoms with Gasteiger partial charge in [0.1, 0.15) is 0 Å². The Morgan fingerprint density at radius 1 is 1.42 bits per heavy atom. The number of carboxylic acid groups (broad SMARTS) is 1. The fraction of sp³-hybridized carbons (Fsp3) is 0.417. The van der Waals surface area contributed by atoms with Crippen LogP contribution in [-0.4, -0.2) is 24.8 Å². The number of alkyl halides is 3. The SMILES string of the molecule is COc1ccc(C(Cl)CCC(=O)O)cc1OC(F)F. The zero-order chi connectivity index (χ0) is 14.4. The fourth-order valence-electron chi connectivity index (χ4n) is 1.49. The van der Waals surface area contributed by atoms with Crippen LogP contribution < -0.4 is 9.47 Å². The molecule has 1 aromatic rings. The molecule has 0 heterocycles. The molecule has 0 spiro atoms. The Bertz CT molecular complexity index is 440. The van der Waals surface area contributed by atoms with E-state index in [1.54, 1.807) is 6.07 Å². The maximum Gasteiger partial charge on any atom is 0.387 e. The molecule has 0 saturated carbocycles. The van der Waals surface area contributed by atoms with Gasteiger partial charge in [0.25, 0.3) is 0 Å². The van der Waals surface area contributed by atoms with Crippen molar-refractivity contribution in [1.82, 2.24) is 0 Å². The van der Waals surface area contributed by atoms with E-state index >= 15 is 0 Å². The van der Waals surface area contributed by atoms with E-state index in [-0.39, 0.29) is 24.3 Å². The zero-order valence-corrected chi connectivity index (χ0v) is 10.9. The second-order valence-corrected chi connectivity index (χ2v) is 4.22. The van der Waals surface area contributed by atoms with Gasteiger partial charge in [-0.1, -0.05) is 6.07 Å². The molecular weight excluding hydrogens is 282 g/mol. The second kappa shape index (κ2) is 7.13. The van der Waals surface area contributed by atoms with E-state index in [4.69, 9.17) is 21.4 Å². The van der Waals surface area contributed by atoms with Crippen molar-refractivity contribution in [2.45, 2.75) is 24.8 Å². The van der Waals surface area contributed by atoms with Crippen LogP contribution in [-0.2, 0) is 4.79 Å². The smallest absolute Gasteiger partial charge is 0.387 e. The minimum atomic E-state index is -2.98. The highest BCUT2D eigenvalue weighted by Gasteiger charge is 2.16. The molecule has 0 fully saturated rings. The first-order chi connectivity index (χ1) is 8.93. The van der Waals surface area contributed by atoms with Gasteiger partial charge in [-0.15, -0.1) is 11.6 Å². The number of carbonyl (C=O) groups is 1. The molecule has 7 heteroatoms. The Kier molecular flexibility index (Phi) is 5.82. The van der Waals surface area contributed by atoms with Gasteiger partial charge in [0.05, 0.1) is 12.5 Å². The number of benzene rings is 1. The minimum Gasteiger partial charge on any atom is -0.493 e. The van der Waals surface area contributed by atoms with Gasteiger partial charge < -0.3 is 14.6 Å². The van der Waals surface area contributed by atoms with Gasteiger partial charge >= 0.3 is 12.6 Å². The van der Waals surface area contributed by atoms with Gasteiger partial charge in [-0.3, -0.25) is 4.79 Å². The van der Waals surface area contributed by atoms with Crippen LogP contribution in [0, 0.1) is 0 Å². The van der Waals surface area contributed by atoms with Crippen molar-refractivity contribution < 1.29 is 28.2 Å². The third-order valence-electron chi connectivity index (χ3n) is 2.38. The lowest BCUT2D eigenvalue weighted by molar-refractivity contribution is -0.137. The summed E-state index contributed by atoms with van der Waals surface area (Å²) in [5.41, 5.74) is 0.499. The van der Waals surface area contributed by atoms with E-state index in [0.717, 1.165) is 0 Å². The predicted octanol–water partition coefficient (Wildman–Crippen LogP) is 3.44. The lowest BCUT2D eigenvalue weighted by atomic mass is 10.1. The van der Waals surface area contributed by atoms with Crippen molar-refractivity contribution >= 4 is 17.6 Å². The van der Waals surface area contributed by atoms with Gasteiger partial charge in [-0.2, -0.15) is 8.78 Å². The topological polar surface area (TPSA) is 55.8 Å². The quantitative estimate of drug-likeness (QED) is 0.783. The molecule has 0 radical (unpaired) electrons. The molecule has 4 nitrogen and oxygen atoms in total. The molecule has 106 valence electrons. The molecule has 1 rings (SSSR count). The monoisotopic (exact) mass is 294 g/mol. The number of aliphatic carboxylic acids is 1. The van der Waals surface area contributed by atoms with E-state index in [2.05, 4.69) is 4.74 Å². The Morgan fingerprint density at radius 2 is 2.11 bits per heavy atom. The average Bonchev–Trinajstić information content (AvgIpc) is 2.35. The van der Waals surface area contributed by atoms with Crippen LogP contribution >= 0.6 is 11.6 Å². The predicted molar refractivity (Wildman–Crippen MR) is 65.1 cm³/mol. The van der Waals surface area contributed by atoms with Gasteiger partial charge in [-0.05, 0) is 24.1 Å². The number of hydrogen-bond acceptors (Lipinski definition) is 3. The molecule has 0 aromatic heterocycles. The van der Waals surface area contributed by atoms with Gasteiger partial charge in [0, 0.05) is 6.42 Å². The first-order valence-corrected chi connectivity index (χ1v) is 5.86. The lowest BCUT2D eigenvalue weighted by Gasteiger charge is -2.14. The normalized spacial score (nSPS) is 12.3. The van der Waals surface area contributed by atoms with Crippen LogP contribution in [0.1, 0.15) is 23.8 Å². The maximum atomic E-state index is 12.2. The number of halogens is 3. The van der Waals surface area contributed by atoms with E-state index in [1.807, 2.05) is 0 Å². The van der Waals surface area contributed by atoms with Crippen LogP contribution in [0.4, 0.5) is 8.78 Å². The summed E-state index contributed by atoms with van der Waals surface area (Å²) < 4.78 is 33.7. The first kappa shape index (κ1) is 15.5. The van der Waals surface area contributed by atoms with Crippen molar-refractivity contribution in [3.8, 4) is 11.5 Å². The van der Waals surface area contributed by atoms with Crippen LogP contribution in [0.25, 0.3) is 0 Å². The van der Waals surface area contributed by atoms with E-state index in [9.17, 15) is 13.6 Å². The standard InChI is InChI=1S/C12H13ClF2O4/c1-18-9-4-2-7(6-10(9)19-12(14)15)8(13)3-5-11(16)17/h2,4,6,8,12H,3,5H2,1H3,(H,16,17). The van der Waals surface area contributed by atoms with Crippen LogP contribution in [0.2, 0.25) is 0 Å². The van der Waals surface area contributed by atoms with E-state index in [0.29, 0.717) is 5.56 Å². The molecule has 1 atom stereocenters. The van der Waals surface area contributed by atoms with Gasteiger partial charge in [-0.25, -0.2) is 0 Å². The second-order valence-electron chi connectivity index (χ2n) is 3.69. The Labute approximate surface area is 113 Å². The highest BCUT2D eigenvalue weighted by atomic mass is 35.5. The molecule has 19 heavy (non-hydrogen) atoms. The molecule has 1 aromatic carbocycles. The summed E-state index contributed by atoms with van der Waals surface area (Å²) in [4.78, 5) is 10.4. The van der Waals surface area contributed by atoms with Crippen LogP contribution in [0.5, 0.6) is 11.5 Å². The fourth-order valence-corrected chi connectivity index (χ4v) is 1.74. The number of carboxylic acids is 1. The minimum absolute atomic E-state index is 0.106. The van der Waals surface area contributed by atoms with E-state index < -0.39 is 18.0 Å². The van der Waals surface area contributed by atoms with Crippen molar-refractivity contribution in [1.29, 1.82) is 0 Å². The molecular formula is C12H13ClF2O4. The van der Waals surface area contributed by atoms with Crippen molar-refractivity contribution in [3.05, 3.63) is 23.8 Å². The number of methoxy groups -OCH3 is 1. The third kappa shape index (κ3) is 4.90. The summed E-state index contributed by atoms with van der Waals surface area (Å²) in [6, 6.07) is 4.35. The summed E-state index contributed by atoms with van der Waals surface area (Å²) in [6.45, 7) is -2.98. The highest BCUT2D eigenvalue weighted by molar-refractivity contribution is 6.20. The molecule has 1 unspecified atom stereocenters. The summed E-state index contributed by atoms with van der Waals surface area (Å²) in [5.74, 6) is -0.939. The van der Waals surface area contributed by atoms with Crippen molar-refractivity contribution in [2.24, 2.45) is 0 Å². The van der Waals surface area contributed by atoms with Crippen molar-refractivity contribution in [2.75, 3.05) is 7.11 Å². The average molecular weight is 295 g/mol. The van der Waals surface area contributed by atoms with Gasteiger partial charge in [0.15, 0.2) is 11.5 Å². The zero-order valence-electron chi connectivity index (χ0n) is 10.1. The summed E-state index contributed by atoms with van der Waals surface area (Å²) >= 11 is 6.01. The molecule has 0 bridgehead atoms.